The van der Waals surface area contributed by atoms with E-state index >= 15 is 0 Å². The van der Waals surface area contributed by atoms with Gasteiger partial charge in [-0.25, -0.2) is 4.39 Å². The molecule has 0 amide bonds. The van der Waals surface area contributed by atoms with Crippen molar-refractivity contribution in [3.63, 3.8) is 0 Å². The maximum absolute atomic E-state index is 15.0. The van der Waals surface area contributed by atoms with Crippen LogP contribution < -0.4 is 4.90 Å². The van der Waals surface area contributed by atoms with Crippen LogP contribution in [0, 0.1) is 31.0 Å². The third-order valence-electron chi connectivity index (χ3n) is 4.35. The van der Waals surface area contributed by atoms with Crippen molar-refractivity contribution in [1.29, 1.82) is 5.26 Å². The Hall–Kier alpha value is -2.45. The summed E-state index contributed by atoms with van der Waals surface area (Å²) < 4.78 is 20.7. The summed E-state index contributed by atoms with van der Waals surface area (Å²) >= 11 is 0. The van der Waals surface area contributed by atoms with Crippen molar-refractivity contribution >= 4 is 5.69 Å². The van der Waals surface area contributed by atoms with Gasteiger partial charge in [0, 0.05) is 35.7 Å². The summed E-state index contributed by atoms with van der Waals surface area (Å²) in [4.78, 5) is 6.40. The number of aromatic nitrogens is 1. The van der Waals surface area contributed by atoms with Crippen molar-refractivity contribution in [1.82, 2.24) is 4.98 Å². The molecule has 1 fully saturated rings. The minimum Gasteiger partial charge on any atom is -0.372 e. The van der Waals surface area contributed by atoms with E-state index < -0.39 is 0 Å². The van der Waals surface area contributed by atoms with E-state index in [4.69, 9.17) is 4.74 Å². The number of nitriles is 1. The summed E-state index contributed by atoms with van der Waals surface area (Å²) in [5.41, 5.74) is 3.70. The van der Waals surface area contributed by atoms with Crippen molar-refractivity contribution < 1.29 is 9.13 Å². The van der Waals surface area contributed by atoms with Crippen LogP contribution in [0.4, 0.5) is 10.1 Å². The first-order valence-electron chi connectivity index (χ1n) is 8.47. The smallest absolute Gasteiger partial charge is 0.134 e. The van der Waals surface area contributed by atoms with Crippen molar-refractivity contribution in [2.45, 2.75) is 39.9 Å². The van der Waals surface area contributed by atoms with Gasteiger partial charge in [0.25, 0.3) is 0 Å². The Morgan fingerprint density at radius 3 is 2.28 bits per heavy atom. The van der Waals surface area contributed by atoms with Crippen molar-refractivity contribution in [3.8, 4) is 17.2 Å². The van der Waals surface area contributed by atoms with E-state index in [2.05, 4.69) is 16.0 Å². The van der Waals surface area contributed by atoms with E-state index in [9.17, 15) is 9.65 Å². The quantitative estimate of drug-likeness (QED) is 0.830. The van der Waals surface area contributed by atoms with E-state index in [-0.39, 0.29) is 18.0 Å². The molecule has 4 nitrogen and oxygen atoms in total. The second-order valence-corrected chi connectivity index (χ2v) is 6.76. The lowest BCUT2D eigenvalue weighted by Gasteiger charge is -2.37. The molecule has 5 heteroatoms. The summed E-state index contributed by atoms with van der Waals surface area (Å²) in [5.74, 6) is -0.383. The van der Waals surface area contributed by atoms with Gasteiger partial charge in [-0.15, -0.1) is 0 Å². The summed E-state index contributed by atoms with van der Waals surface area (Å²) in [7, 11) is 0. The number of benzene rings is 1. The number of hydrogen-bond acceptors (Lipinski definition) is 4. The first kappa shape index (κ1) is 17.4. The van der Waals surface area contributed by atoms with Crippen LogP contribution in [0.3, 0.4) is 0 Å². The molecule has 0 saturated carbocycles. The van der Waals surface area contributed by atoms with Crippen molar-refractivity contribution in [2.75, 3.05) is 18.0 Å². The van der Waals surface area contributed by atoms with Gasteiger partial charge in [0.15, 0.2) is 0 Å². The Morgan fingerprint density at radius 1 is 1.12 bits per heavy atom. The average Bonchev–Trinajstić information content (AvgIpc) is 2.52. The molecule has 1 aliphatic rings. The zero-order valence-corrected chi connectivity index (χ0v) is 15.0. The third-order valence-corrected chi connectivity index (χ3v) is 4.35. The third kappa shape index (κ3) is 3.64. The highest BCUT2D eigenvalue weighted by Crippen LogP contribution is 2.32. The molecule has 0 spiro atoms. The molecule has 2 unspecified atom stereocenters. The summed E-state index contributed by atoms with van der Waals surface area (Å²) in [6.07, 6.45) is 0.144. The second kappa shape index (κ2) is 6.81. The Kier molecular flexibility index (Phi) is 4.73. The maximum atomic E-state index is 15.0. The molecule has 0 aliphatic carbocycles. The van der Waals surface area contributed by atoms with Gasteiger partial charge in [-0.05, 0) is 57.5 Å². The number of aryl methyl sites for hydroxylation is 2. The van der Waals surface area contributed by atoms with Gasteiger partial charge >= 0.3 is 0 Å². The molecular formula is C20H22FN3O. The van der Waals surface area contributed by atoms with Gasteiger partial charge in [0.05, 0.1) is 23.8 Å². The normalized spacial score (nSPS) is 20.4. The molecule has 25 heavy (non-hydrogen) atoms. The lowest BCUT2D eigenvalue weighted by molar-refractivity contribution is -0.00523. The summed E-state index contributed by atoms with van der Waals surface area (Å²) in [6.45, 7) is 9.10. The van der Waals surface area contributed by atoms with Crippen LogP contribution in [0.5, 0.6) is 0 Å². The summed E-state index contributed by atoms with van der Waals surface area (Å²) in [5, 5.41) is 9.59. The fourth-order valence-corrected chi connectivity index (χ4v) is 3.52. The highest BCUT2D eigenvalue weighted by atomic mass is 19.1. The molecule has 2 heterocycles. The van der Waals surface area contributed by atoms with Crippen molar-refractivity contribution in [3.05, 3.63) is 47.0 Å². The number of pyridine rings is 1. The fraction of sp³-hybridized carbons (Fsp3) is 0.400. The van der Waals surface area contributed by atoms with Crippen LogP contribution in [0.15, 0.2) is 24.3 Å². The topological polar surface area (TPSA) is 49.1 Å². The molecule has 1 saturated heterocycles. The highest BCUT2D eigenvalue weighted by molar-refractivity contribution is 5.75. The van der Waals surface area contributed by atoms with Gasteiger partial charge in [-0.1, -0.05) is 0 Å². The average molecular weight is 339 g/mol. The summed E-state index contributed by atoms with van der Waals surface area (Å²) in [6, 6.07) is 9.07. The van der Waals surface area contributed by atoms with Crippen LogP contribution >= 0.6 is 0 Å². The number of morpholine rings is 1. The molecule has 0 N–H and O–H groups in total. The van der Waals surface area contributed by atoms with Crippen LogP contribution in [0.1, 0.15) is 30.8 Å². The van der Waals surface area contributed by atoms with E-state index in [0.29, 0.717) is 29.8 Å². The van der Waals surface area contributed by atoms with E-state index in [1.165, 1.54) is 6.07 Å². The minimum absolute atomic E-state index is 0.0718. The Bertz CT molecular complexity index is 813. The van der Waals surface area contributed by atoms with E-state index in [1.807, 2.05) is 39.8 Å². The molecule has 0 radical (unpaired) electrons. The Morgan fingerprint density at radius 2 is 1.72 bits per heavy atom. The van der Waals surface area contributed by atoms with Crippen LogP contribution in [0.25, 0.3) is 11.1 Å². The molecule has 130 valence electrons. The Labute approximate surface area is 147 Å². The minimum atomic E-state index is -0.383. The number of hydrogen-bond donors (Lipinski definition) is 0. The number of halogens is 1. The van der Waals surface area contributed by atoms with E-state index in [0.717, 1.165) is 17.1 Å². The molecule has 1 aliphatic heterocycles. The molecule has 1 aromatic heterocycles. The predicted molar refractivity (Wildman–Crippen MR) is 96.0 cm³/mol. The highest BCUT2D eigenvalue weighted by Gasteiger charge is 2.24. The molecular weight excluding hydrogens is 317 g/mol. The largest absolute Gasteiger partial charge is 0.372 e. The predicted octanol–water partition coefficient (Wildman–Crippen LogP) is 3.99. The number of anilines is 1. The first-order valence-corrected chi connectivity index (χ1v) is 8.47. The monoisotopic (exact) mass is 339 g/mol. The molecule has 3 rings (SSSR count). The van der Waals surface area contributed by atoms with Gasteiger partial charge in [-0.3, -0.25) is 4.98 Å². The zero-order valence-electron chi connectivity index (χ0n) is 15.0. The SMILES string of the molecule is Cc1cc(-c2c(F)cc(N3CC(C)OC(C)C3)cc2C#N)cc(C)n1. The van der Waals surface area contributed by atoms with Crippen LogP contribution in [-0.4, -0.2) is 30.3 Å². The van der Waals surface area contributed by atoms with Gasteiger partial charge < -0.3 is 9.64 Å². The molecule has 2 atom stereocenters. The Balaban J connectivity index is 2.06. The number of nitrogens with zero attached hydrogens (tertiary/aromatic N) is 3. The van der Waals surface area contributed by atoms with Crippen molar-refractivity contribution in [2.24, 2.45) is 0 Å². The van der Waals surface area contributed by atoms with Gasteiger partial charge in [0.1, 0.15) is 5.82 Å². The maximum Gasteiger partial charge on any atom is 0.134 e. The van der Waals surface area contributed by atoms with E-state index in [1.54, 1.807) is 6.07 Å². The van der Waals surface area contributed by atoms with Crippen LogP contribution in [-0.2, 0) is 4.74 Å². The van der Waals surface area contributed by atoms with Crippen LogP contribution in [0.2, 0.25) is 0 Å². The van der Waals surface area contributed by atoms with Gasteiger partial charge in [0.2, 0.25) is 0 Å². The second-order valence-electron chi connectivity index (χ2n) is 6.76. The molecule has 2 aromatic rings. The fourth-order valence-electron chi connectivity index (χ4n) is 3.52. The first-order chi connectivity index (χ1) is 11.9. The number of ether oxygens (including phenoxy) is 1. The lowest BCUT2D eigenvalue weighted by Crippen LogP contribution is -2.45. The molecule has 1 aromatic carbocycles. The zero-order chi connectivity index (χ0) is 18.1. The van der Waals surface area contributed by atoms with Gasteiger partial charge in [-0.2, -0.15) is 5.26 Å². The lowest BCUT2D eigenvalue weighted by atomic mass is 9.98. The number of rotatable bonds is 2. The standard InChI is InChI=1S/C20H22FN3O/c1-12-5-16(6-13(2)23-12)20-17(9-22)7-18(8-19(20)21)24-10-14(3)25-15(4)11-24/h5-8,14-15H,10-11H2,1-4H3. The molecule has 0 bridgehead atoms.